The van der Waals surface area contributed by atoms with Gasteiger partial charge in [-0.2, -0.15) is 0 Å². The predicted molar refractivity (Wildman–Crippen MR) is 75.1 cm³/mol. The monoisotopic (exact) mass is 288 g/mol. The van der Waals surface area contributed by atoms with Crippen LogP contribution < -0.4 is 5.32 Å². The first-order valence-electron chi connectivity index (χ1n) is 6.38. The molecule has 19 heavy (non-hydrogen) atoms. The van der Waals surface area contributed by atoms with Crippen molar-refractivity contribution in [2.24, 2.45) is 0 Å². The highest BCUT2D eigenvalue weighted by molar-refractivity contribution is 6.30. The zero-order valence-corrected chi connectivity index (χ0v) is 12.2. The van der Waals surface area contributed by atoms with Crippen LogP contribution in [0.15, 0.2) is 24.3 Å². The van der Waals surface area contributed by atoms with E-state index in [9.17, 15) is 5.11 Å². The average molecular weight is 289 g/mol. The van der Waals surface area contributed by atoms with Gasteiger partial charge in [0.25, 0.3) is 0 Å². The number of rotatable bonds is 8. The average Bonchev–Trinajstić information content (AvgIpc) is 2.39. The maximum Gasteiger partial charge on any atom is 0.126 e. The second kappa shape index (κ2) is 7.82. The zero-order valence-electron chi connectivity index (χ0n) is 11.5. The summed E-state index contributed by atoms with van der Waals surface area (Å²) in [6.07, 6.45) is -0.543. The van der Waals surface area contributed by atoms with Crippen LogP contribution in [0, 0.1) is 0 Å². The van der Waals surface area contributed by atoms with Gasteiger partial charge in [-0.05, 0) is 31.5 Å². The van der Waals surface area contributed by atoms with Gasteiger partial charge >= 0.3 is 0 Å². The van der Waals surface area contributed by atoms with Crippen molar-refractivity contribution in [2.45, 2.75) is 32.1 Å². The van der Waals surface area contributed by atoms with Crippen LogP contribution in [-0.2, 0) is 11.3 Å². The lowest BCUT2D eigenvalue weighted by atomic mass is 10.1. The third kappa shape index (κ3) is 6.89. The number of aliphatic hydroxyl groups is 2. The lowest BCUT2D eigenvalue weighted by Gasteiger charge is -2.21. The summed E-state index contributed by atoms with van der Waals surface area (Å²) in [4.78, 5) is 0. The fraction of sp³-hybridized carbons (Fsp3) is 0.571. The summed E-state index contributed by atoms with van der Waals surface area (Å²) in [6, 6.07) is 7.42. The van der Waals surface area contributed by atoms with Crippen molar-refractivity contribution in [2.75, 3.05) is 19.8 Å². The highest BCUT2D eigenvalue weighted by atomic mass is 35.5. The van der Waals surface area contributed by atoms with Crippen LogP contribution in [0.2, 0.25) is 5.02 Å². The molecule has 0 unspecified atom stereocenters. The SMILES string of the molecule is CC(C)(CO)[NH2+]C[C@H](O)COCc1ccc(Cl)cc1. The number of quaternary nitrogens is 1. The van der Waals surface area contributed by atoms with Crippen molar-refractivity contribution in [1.82, 2.24) is 0 Å². The van der Waals surface area contributed by atoms with Crippen LogP contribution in [0.5, 0.6) is 0 Å². The standard InChI is InChI=1S/C14H22ClNO3/c1-14(2,10-17)16-7-13(18)9-19-8-11-3-5-12(15)6-4-11/h3-6,13,16-18H,7-10H2,1-2H3/p+1/t13-/m0/s1. The van der Waals surface area contributed by atoms with Gasteiger partial charge in [0.15, 0.2) is 0 Å². The van der Waals surface area contributed by atoms with Gasteiger partial charge in [-0.25, -0.2) is 0 Å². The number of hydrogen-bond donors (Lipinski definition) is 3. The molecule has 0 saturated carbocycles. The van der Waals surface area contributed by atoms with Gasteiger partial charge in [-0.3, -0.25) is 0 Å². The Hall–Kier alpha value is -0.650. The van der Waals surface area contributed by atoms with Gasteiger partial charge in [-0.15, -0.1) is 0 Å². The Morgan fingerprint density at radius 2 is 1.95 bits per heavy atom. The maximum absolute atomic E-state index is 9.77. The molecule has 0 amide bonds. The van der Waals surface area contributed by atoms with E-state index < -0.39 is 6.10 Å². The number of aliphatic hydroxyl groups excluding tert-OH is 2. The first-order valence-corrected chi connectivity index (χ1v) is 6.76. The highest BCUT2D eigenvalue weighted by Gasteiger charge is 2.21. The molecular weight excluding hydrogens is 266 g/mol. The molecule has 0 bridgehead atoms. The van der Waals surface area contributed by atoms with Crippen LogP contribution in [0.3, 0.4) is 0 Å². The van der Waals surface area contributed by atoms with E-state index in [0.717, 1.165) is 5.56 Å². The number of halogens is 1. The molecule has 1 atom stereocenters. The largest absolute Gasteiger partial charge is 0.390 e. The van der Waals surface area contributed by atoms with Crippen LogP contribution in [0.25, 0.3) is 0 Å². The van der Waals surface area contributed by atoms with Gasteiger partial charge in [0.05, 0.1) is 19.8 Å². The molecule has 0 aromatic heterocycles. The van der Waals surface area contributed by atoms with E-state index in [0.29, 0.717) is 18.2 Å². The molecule has 0 spiro atoms. The minimum absolute atomic E-state index is 0.0748. The van der Waals surface area contributed by atoms with Gasteiger partial charge in [0.2, 0.25) is 0 Å². The van der Waals surface area contributed by atoms with Crippen molar-refractivity contribution in [3.63, 3.8) is 0 Å². The van der Waals surface area contributed by atoms with E-state index >= 15 is 0 Å². The lowest BCUT2D eigenvalue weighted by molar-refractivity contribution is -0.727. The number of benzene rings is 1. The van der Waals surface area contributed by atoms with E-state index in [4.69, 9.17) is 21.4 Å². The normalized spacial score (nSPS) is 13.5. The fourth-order valence-corrected chi connectivity index (χ4v) is 1.61. The third-order valence-electron chi connectivity index (χ3n) is 2.84. The molecule has 1 aromatic rings. The number of hydrogen-bond acceptors (Lipinski definition) is 3. The smallest absolute Gasteiger partial charge is 0.126 e. The van der Waals surface area contributed by atoms with Crippen LogP contribution in [0.4, 0.5) is 0 Å². The van der Waals surface area contributed by atoms with E-state index in [1.165, 1.54) is 0 Å². The fourth-order valence-electron chi connectivity index (χ4n) is 1.48. The molecule has 0 aliphatic rings. The predicted octanol–water partition coefficient (Wildman–Crippen LogP) is 0.552. The van der Waals surface area contributed by atoms with E-state index in [1.54, 1.807) is 0 Å². The first kappa shape index (κ1) is 16.4. The van der Waals surface area contributed by atoms with Gasteiger partial charge < -0.3 is 20.3 Å². The Morgan fingerprint density at radius 1 is 1.32 bits per heavy atom. The van der Waals surface area contributed by atoms with Gasteiger partial charge in [0, 0.05) is 5.02 Å². The summed E-state index contributed by atoms with van der Waals surface area (Å²) in [7, 11) is 0. The van der Waals surface area contributed by atoms with E-state index in [2.05, 4.69) is 0 Å². The Bertz CT molecular complexity index is 367. The summed E-state index contributed by atoms with van der Waals surface area (Å²) < 4.78 is 5.44. The molecular formula is C14H23ClNO3+. The molecule has 0 aliphatic heterocycles. The Labute approximate surface area is 119 Å². The summed E-state index contributed by atoms with van der Waals surface area (Å²) in [6.45, 7) is 5.17. The number of nitrogens with two attached hydrogens (primary N) is 1. The third-order valence-corrected chi connectivity index (χ3v) is 3.09. The second-order valence-electron chi connectivity index (χ2n) is 5.38. The van der Waals surface area contributed by atoms with E-state index in [1.807, 2.05) is 43.4 Å². The highest BCUT2D eigenvalue weighted by Crippen LogP contribution is 2.10. The second-order valence-corrected chi connectivity index (χ2v) is 5.82. The first-order chi connectivity index (χ1) is 8.93. The quantitative estimate of drug-likeness (QED) is 0.655. The topological polar surface area (TPSA) is 66.3 Å². The Balaban J connectivity index is 2.20. The number of ether oxygens (including phenoxy) is 1. The molecule has 0 radical (unpaired) electrons. The maximum atomic E-state index is 9.77. The molecule has 4 N–H and O–H groups in total. The Morgan fingerprint density at radius 3 is 2.53 bits per heavy atom. The zero-order chi connectivity index (χ0) is 14.3. The molecule has 1 rings (SSSR count). The molecule has 4 nitrogen and oxygen atoms in total. The lowest BCUT2D eigenvalue weighted by Crippen LogP contribution is -2.97. The Kier molecular flexibility index (Phi) is 6.75. The van der Waals surface area contributed by atoms with Crippen molar-refractivity contribution >= 4 is 11.6 Å². The van der Waals surface area contributed by atoms with E-state index in [-0.39, 0.29) is 18.8 Å². The molecule has 0 aliphatic carbocycles. The van der Waals surface area contributed by atoms with Crippen LogP contribution >= 0.6 is 11.6 Å². The van der Waals surface area contributed by atoms with Crippen molar-refractivity contribution in [1.29, 1.82) is 0 Å². The molecule has 1 aromatic carbocycles. The van der Waals surface area contributed by atoms with Crippen molar-refractivity contribution in [3.8, 4) is 0 Å². The molecule has 5 heteroatoms. The van der Waals surface area contributed by atoms with Crippen LogP contribution in [0.1, 0.15) is 19.4 Å². The molecule has 0 saturated heterocycles. The minimum atomic E-state index is -0.543. The molecule has 108 valence electrons. The molecule has 0 heterocycles. The minimum Gasteiger partial charge on any atom is -0.390 e. The summed E-state index contributed by atoms with van der Waals surface area (Å²) >= 11 is 5.79. The summed E-state index contributed by atoms with van der Waals surface area (Å²) in [5.41, 5.74) is 0.758. The van der Waals surface area contributed by atoms with Gasteiger partial charge in [0.1, 0.15) is 18.2 Å². The summed E-state index contributed by atoms with van der Waals surface area (Å²) in [5, 5.41) is 21.5. The molecule has 0 fully saturated rings. The van der Waals surface area contributed by atoms with Gasteiger partial charge in [-0.1, -0.05) is 23.7 Å². The van der Waals surface area contributed by atoms with Crippen LogP contribution in [-0.4, -0.2) is 41.6 Å². The summed E-state index contributed by atoms with van der Waals surface area (Å²) in [5.74, 6) is 0. The van der Waals surface area contributed by atoms with Crippen molar-refractivity contribution in [3.05, 3.63) is 34.9 Å². The van der Waals surface area contributed by atoms with Crippen molar-refractivity contribution < 1.29 is 20.3 Å².